The molecule has 0 spiro atoms. The van der Waals surface area contributed by atoms with Gasteiger partial charge in [0.1, 0.15) is 0 Å². The number of amides is 1. The summed E-state index contributed by atoms with van der Waals surface area (Å²) in [4.78, 5) is 13.5. The van der Waals surface area contributed by atoms with Gasteiger partial charge in [0.25, 0.3) is 0 Å². The summed E-state index contributed by atoms with van der Waals surface area (Å²) in [5.74, 6) is 0.0417. The van der Waals surface area contributed by atoms with E-state index < -0.39 is 10.0 Å². The number of aryl methyl sites for hydroxylation is 1. The molecule has 8 heteroatoms. The van der Waals surface area contributed by atoms with Crippen LogP contribution in [0.4, 0.5) is 5.69 Å². The van der Waals surface area contributed by atoms with Gasteiger partial charge < -0.3 is 5.32 Å². The molecular formula is C20H23ClN2O3S2. The zero-order valence-corrected chi connectivity index (χ0v) is 18.0. The predicted molar refractivity (Wildman–Crippen MR) is 115 cm³/mol. The minimum Gasteiger partial charge on any atom is -0.325 e. The number of halogens is 1. The zero-order valence-electron chi connectivity index (χ0n) is 15.7. The molecule has 1 aliphatic rings. The predicted octanol–water partition coefficient (Wildman–Crippen LogP) is 4.55. The first-order valence-corrected chi connectivity index (χ1v) is 12.0. The summed E-state index contributed by atoms with van der Waals surface area (Å²) in [6.45, 7) is 2.95. The highest BCUT2D eigenvalue weighted by molar-refractivity contribution is 8.00. The van der Waals surface area contributed by atoms with E-state index >= 15 is 0 Å². The van der Waals surface area contributed by atoms with Crippen LogP contribution in [0.15, 0.2) is 52.3 Å². The lowest BCUT2D eigenvalue weighted by Crippen LogP contribution is -2.35. The van der Waals surface area contributed by atoms with Crippen molar-refractivity contribution in [2.24, 2.45) is 0 Å². The number of anilines is 1. The number of rotatable bonds is 6. The maximum atomic E-state index is 12.9. The van der Waals surface area contributed by atoms with Crippen molar-refractivity contribution in [1.82, 2.24) is 4.31 Å². The molecule has 28 heavy (non-hydrogen) atoms. The summed E-state index contributed by atoms with van der Waals surface area (Å²) in [6, 6.07) is 12.2. The Labute approximate surface area is 175 Å². The minimum absolute atomic E-state index is 0.185. The van der Waals surface area contributed by atoms with Crippen LogP contribution in [0.1, 0.15) is 24.8 Å². The van der Waals surface area contributed by atoms with Gasteiger partial charge in [0.05, 0.1) is 10.6 Å². The van der Waals surface area contributed by atoms with Gasteiger partial charge in [-0.3, -0.25) is 4.79 Å². The Hall–Kier alpha value is -1.54. The summed E-state index contributed by atoms with van der Waals surface area (Å²) in [5.41, 5.74) is 1.35. The Bertz CT molecular complexity index is 940. The van der Waals surface area contributed by atoms with Crippen molar-refractivity contribution in [1.29, 1.82) is 0 Å². The standard InChI is InChI=1S/C20H23ClN2O3S2/c1-15-5-10-18(28(25,26)23-11-3-2-4-12-23)13-19(15)22-20(24)14-27-17-8-6-16(21)7-9-17/h5-10,13H,2-4,11-12,14H2,1H3,(H,22,24). The summed E-state index contributed by atoms with van der Waals surface area (Å²) in [7, 11) is -3.53. The van der Waals surface area contributed by atoms with E-state index in [1.165, 1.54) is 16.1 Å². The molecule has 1 fully saturated rings. The lowest BCUT2D eigenvalue weighted by molar-refractivity contribution is -0.113. The van der Waals surface area contributed by atoms with E-state index in [1.807, 2.05) is 19.1 Å². The molecule has 1 amide bonds. The molecule has 1 N–H and O–H groups in total. The Kier molecular flexibility index (Phi) is 7.04. The number of hydrogen-bond acceptors (Lipinski definition) is 4. The van der Waals surface area contributed by atoms with Crippen LogP contribution in [-0.2, 0) is 14.8 Å². The number of benzene rings is 2. The van der Waals surface area contributed by atoms with E-state index in [-0.39, 0.29) is 16.6 Å². The third-order valence-corrected chi connectivity index (χ3v) is 7.78. The fraction of sp³-hybridized carbons (Fsp3) is 0.350. The van der Waals surface area contributed by atoms with Crippen molar-refractivity contribution in [3.8, 4) is 0 Å². The molecule has 2 aromatic rings. The highest BCUT2D eigenvalue weighted by atomic mass is 35.5. The van der Waals surface area contributed by atoms with E-state index in [0.29, 0.717) is 23.8 Å². The van der Waals surface area contributed by atoms with E-state index in [0.717, 1.165) is 29.7 Å². The molecule has 0 unspecified atom stereocenters. The molecule has 5 nitrogen and oxygen atoms in total. The van der Waals surface area contributed by atoms with E-state index in [2.05, 4.69) is 5.32 Å². The Morgan fingerprint density at radius 3 is 2.46 bits per heavy atom. The van der Waals surface area contributed by atoms with Crippen LogP contribution in [0.25, 0.3) is 0 Å². The Morgan fingerprint density at radius 2 is 1.79 bits per heavy atom. The lowest BCUT2D eigenvalue weighted by atomic mass is 10.2. The molecule has 0 saturated carbocycles. The number of carbonyl (C=O) groups is 1. The second-order valence-corrected chi connectivity index (χ2v) is 10.2. The first-order chi connectivity index (χ1) is 13.4. The van der Waals surface area contributed by atoms with Gasteiger partial charge in [-0.1, -0.05) is 24.1 Å². The largest absolute Gasteiger partial charge is 0.325 e. The number of piperidine rings is 1. The van der Waals surface area contributed by atoms with Gasteiger partial charge in [-0.15, -0.1) is 11.8 Å². The third kappa shape index (κ3) is 5.29. The summed E-state index contributed by atoms with van der Waals surface area (Å²) >= 11 is 7.26. The fourth-order valence-corrected chi connectivity index (χ4v) is 5.38. The number of nitrogens with zero attached hydrogens (tertiary/aromatic N) is 1. The summed E-state index contributed by atoms with van der Waals surface area (Å²) < 4.78 is 27.3. The average Bonchev–Trinajstić information content (AvgIpc) is 2.70. The molecule has 0 radical (unpaired) electrons. The van der Waals surface area contributed by atoms with E-state index in [1.54, 1.807) is 30.3 Å². The van der Waals surface area contributed by atoms with Crippen LogP contribution in [0.2, 0.25) is 5.02 Å². The average molecular weight is 439 g/mol. The molecular weight excluding hydrogens is 416 g/mol. The number of nitrogens with one attached hydrogen (secondary N) is 1. The maximum absolute atomic E-state index is 12.9. The van der Waals surface area contributed by atoms with Crippen molar-refractivity contribution in [3.05, 3.63) is 53.1 Å². The molecule has 2 aromatic carbocycles. The van der Waals surface area contributed by atoms with Gasteiger partial charge in [0.15, 0.2) is 0 Å². The monoisotopic (exact) mass is 438 g/mol. The van der Waals surface area contributed by atoms with Gasteiger partial charge in [-0.25, -0.2) is 8.42 Å². The molecule has 1 aliphatic heterocycles. The van der Waals surface area contributed by atoms with Crippen LogP contribution < -0.4 is 5.32 Å². The van der Waals surface area contributed by atoms with Crippen LogP contribution in [-0.4, -0.2) is 37.5 Å². The van der Waals surface area contributed by atoms with Crippen molar-refractivity contribution < 1.29 is 13.2 Å². The number of sulfonamides is 1. The maximum Gasteiger partial charge on any atom is 0.243 e. The fourth-order valence-electron chi connectivity index (χ4n) is 3.02. The van der Waals surface area contributed by atoms with Crippen molar-refractivity contribution in [3.63, 3.8) is 0 Å². The van der Waals surface area contributed by atoms with Crippen LogP contribution >= 0.6 is 23.4 Å². The molecule has 0 atom stereocenters. The van der Waals surface area contributed by atoms with Crippen molar-refractivity contribution in [2.45, 2.75) is 36.0 Å². The molecule has 3 rings (SSSR count). The Morgan fingerprint density at radius 1 is 1.11 bits per heavy atom. The minimum atomic E-state index is -3.53. The number of hydrogen-bond donors (Lipinski definition) is 1. The van der Waals surface area contributed by atoms with Gasteiger partial charge in [-0.2, -0.15) is 4.31 Å². The normalized spacial score (nSPS) is 15.4. The third-order valence-electron chi connectivity index (χ3n) is 4.62. The van der Waals surface area contributed by atoms with Crippen LogP contribution in [0, 0.1) is 6.92 Å². The summed E-state index contributed by atoms with van der Waals surface area (Å²) in [5, 5.41) is 3.49. The molecule has 1 heterocycles. The SMILES string of the molecule is Cc1ccc(S(=O)(=O)N2CCCCC2)cc1NC(=O)CSc1ccc(Cl)cc1. The first-order valence-electron chi connectivity index (χ1n) is 9.15. The smallest absolute Gasteiger partial charge is 0.243 e. The van der Waals surface area contributed by atoms with Crippen LogP contribution in [0.3, 0.4) is 0 Å². The summed E-state index contributed by atoms with van der Waals surface area (Å²) in [6.07, 6.45) is 2.83. The quantitative estimate of drug-likeness (QED) is 0.671. The number of thioether (sulfide) groups is 1. The first kappa shape index (κ1) is 21.2. The van der Waals surface area contributed by atoms with Crippen molar-refractivity contribution >= 4 is 45.0 Å². The number of carbonyl (C=O) groups excluding carboxylic acids is 1. The van der Waals surface area contributed by atoms with Gasteiger partial charge in [0, 0.05) is 28.7 Å². The molecule has 0 aromatic heterocycles. The molecule has 0 aliphatic carbocycles. The van der Waals surface area contributed by atoms with Gasteiger partial charge in [0.2, 0.25) is 15.9 Å². The lowest BCUT2D eigenvalue weighted by Gasteiger charge is -2.26. The topological polar surface area (TPSA) is 66.5 Å². The van der Waals surface area contributed by atoms with E-state index in [9.17, 15) is 13.2 Å². The Balaban J connectivity index is 1.68. The molecule has 150 valence electrons. The zero-order chi connectivity index (χ0) is 20.1. The molecule has 1 saturated heterocycles. The highest BCUT2D eigenvalue weighted by Crippen LogP contribution is 2.26. The van der Waals surface area contributed by atoms with Crippen LogP contribution in [0.5, 0.6) is 0 Å². The van der Waals surface area contributed by atoms with Gasteiger partial charge in [-0.05, 0) is 61.7 Å². The van der Waals surface area contributed by atoms with Crippen molar-refractivity contribution in [2.75, 3.05) is 24.2 Å². The molecule has 0 bridgehead atoms. The van der Waals surface area contributed by atoms with E-state index in [4.69, 9.17) is 11.6 Å². The highest BCUT2D eigenvalue weighted by Gasteiger charge is 2.26. The second kappa shape index (κ2) is 9.31. The van der Waals surface area contributed by atoms with Gasteiger partial charge >= 0.3 is 0 Å². The second-order valence-electron chi connectivity index (χ2n) is 6.73.